The summed E-state index contributed by atoms with van der Waals surface area (Å²) in [7, 11) is 6.60. The highest BCUT2D eigenvalue weighted by Crippen LogP contribution is 2.51. The smallest absolute Gasteiger partial charge is 0.258 e. The SMILES string of the molecule is C/C=C/c1ccc2n(c1=O)C[C@H]1[C@H](CO)[C@@H](C(=O)N(C)C)[C@@H]2N1Cc1cc(F)ccc1F.C/C=C\c1ccc2n(c1=O)C[C@H]1[C@H](CO)[C@@H](C(=O)N(C)C)[C@@H]2N1Cc1cc(F)ccc1F. The average molecular weight is 887 g/mol. The number of hydrogen-bond donors (Lipinski definition) is 2. The Hall–Kier alpha value is -5.68. The standard InChI is InChI=1S/2C24H27F2N3O3/c2*1-4-5-14-6-9-19-22-21(24(32)27(2)3)17(13-30)20(12-29(19)23(14)31)28(22)11-15-10-16(25)7-8-18(15)26/h2*4-10,17,20-22,30H,11-13H2,1-3H3/b5-4+;5-4-/t2*17-,20-,21+,22+/m00/s1. The summed E-state index contributed by atoms with van der Waals surface area (Å²) in [5, 5.41) is 20.5. The number of halogens is 4. The van der Waals surface area contributed by atoms with Crippen molar-refractivity contribution >= 4 is 24.0 Å². The molecule has 16 heteroatoms. The van der Waals surface area contributed by atoms with Crippen molar-refractivity contribution in [3.05, 3.63) is 150 Å². The van der Waals surface area contributed by atoms with E-state index in [0.717, 1.165) is 36.4 Å². The second-order valence-corrected chi connectivity index (χ2v) is 17.3. The lowest BCUT2D eigenvalue weighted by atomic mass is 9.86. The van der Waals surface area contributed by atoms with E-state index in [1.165, 1.54) is 9.80 Å². The van der Waals surface area contributed by atoms with Gasteiger partial charge in [0.05, 0.1) is 23.9 Å². The van der Waals surface area contributed by atoms with E-state index >= 15 is 0 Å². The molecule has 6 heterocycles. The van der Waals surface area contributed by atoms with Crippen molar-refractivity contribution in [3.8, 4) is 0 Å². The van der Waals surface area contributed by atoms with E-state index in [1.54, 1.807) is 73.8 Å². The van der Waals surface area contributed by atoms with Gasteiger partial charge >= 0.3 is 0 Å². The number of fused-ring (bicyclic) bond motifs is 8. The van der Waals surface area contributed by atoms with Crippen molar-refractivity contribution in [3.63, 3.8) is 0 Å². The zero-order valence-electron chi connectivity index (χ0n) is 36.7. The number of aromatic nitrogens is 2. The van der Waals surface area contributed by atoms with Crippen LogP contribution in [0.15, 0.2) is 82.4 Å². The van der Waals surface area contributed by atoms with Gasteiger partial charge in [-0.2, -0.15) is 0 Å². The molecule has 2 aromatic carbocycles. The Kier molecular flexibility index (Phi) is 13.6. The third-order valence-electron chi connectivity index (χ3n) is 13.3. The summed E-state index contributed by atoms with van der Waals surface area (Å²) in [5.41, 5.74) is 2.39. The molecule has 2 aromatic heterocycles. The van der Waals surface area contributed by atoms with E-state index < -0.39 is 59.0 Å². The minimum atomic E-state index is -0.614. The number of rotatable bonds is 10. The summed E-state index contributed by atoms with van der Waals surface area (Å²) in [6, 6.07) is 11.8. The molecule has 4 bridgehead atoms. The predicted molar refractivity (Wildman–Crippen MR) is 233 cm³/mol. The molecule has 0 aliphatic carbocycles. The summed E-state index contributed by atoms with van der Waals surface area (Å²) in [6.45, 7) is 3.81. The third-order valence-corrected chi connectivity index (χ3v) is 13.3. The van der Waals surface area contributed by atoms with Gasteiger partial charge in [0, 0.05) is 125 Å². The van der Waals surface area contributed by atoms with Crippen LogP contribution < -0.4 is 11.1 Å². The molecule has 0 saturated carbocycles. The molecule has 4 aliphatic rings. The van der Waals surface area contributed by atoms with Crippen LogP contribution in [0, 0.1) is 46.9 Å². The number of aliphatic hydroxyl groups is 2. The lowest BCUT2D eigenvalue weighted by Gasteiger charge is -2.38. The Morgan fingerprint density at radius 2 is 1.00 bits per heavy atom. The molecule has 2 fully saturated rings. The van der Waals surface area contributed by atoms with E-state index in [-0.39, 0.29) is 85.5 Å². The van der Waals surface area contributed by atoms with Gasteiger partial charge in [0.2, 0.25) is 11.8 Å². The molecule has 340 valence electrons. The maximum Gasteiger partial charge on any atom is 0.258 e. The largest absolute Gasteiger partial charge is 0.396 e. The van der Waals surface area contributed by atoms with Crippen LogP contribution in [-0.4, -0.2) is 104 Å². The Labute approximate surface area is 368 Å². The van der Waals surface area contributed by atoms with E-state index in [1.807, 2.05) is 35.8 Å². The first-order valence-corrected chi connectivity index (χ1v) is 21.3. The van der Waals surface area contributed by atoms with Crippen LogP contribution in [0.4, 0.5) is 17.6 Å². The van der Waals surface area contributed by atoms with Crippen LogP contribution >= 0.6 is 0 Å². The first-order chi connectivity index (χ1) is 30.6. The molecular formula is C48H54F4N6O6. The second-order valence-electron chi connectivity index (χ2n) is 17.3. The first kappa shape index (κ1) is 46.3. The molecule has 2 amide bonds. The predicted octanol–water partition coefficient (Wildman–Crippen LogP) is 4.82. The Bertz CT molecular complexity index is 2430. The molecule has 0 unspecified atom stereocenters. The molecule has 4 aliphatic heterocycles. The molecule has 64 heavy (non-hydrogen) atoms. The minimum absolute atomic E-state index is 0.0669. The fourth-order valence-corrected chi connectivity index (χ4v) is 10.4. The number of aliphatic hydroxyl groups excluding tert-OH is 2. The Morgan fingerprint density at radius 1 is 0.625 bits per heavy atom. The van der Waals surface area contributed by atoms with Crippen LogP contribution in [0.2, 0.25) is 0 Å². The van der Waals surface area contributed by atoms with Crippen molar-refractivity contribution < 1.29 is 37.4 Å². The van der Waals surface area contributed by atoms with Crippen molar-refractivity contribution in [2.75, 3.05) is 41.4 Å². The molecule has 2 saturated heterocycles. The van der Waals surface area contributed by atoms with Crippen molar-refractivity contribution in [1.29, 1.82) is 0 Å². The average Bonchev–Trinajstić information content (AvgIpc) is 3.60. The zero-order chi connectivity index (χ0) is 46.3. The van der Waals surface area contributed by atoms with Crippen molar-refractivity contribution in [2.45, 2.75) is 64.2 Å². The van der Waals surface area contributed by atoms with Crippen LogP contribution in [0.5, 0.6) is 0 Å². The van der Waals surface area contributed by atoms with E-state index in [9.17, 15) is 47.0 Å². The Morgan fingerprint density at radius 3 is 1.33 bits per heavy atom. The van der Waals surface area contributed by atoms with Crippen molar-refractivity contribution in [1.82, 2.24) is 28.7 Å². The monoisotopic (exact) mass is 886 g/mol. The van der Waals surface area contributed by atoms with Crippen LogP contribution in [0.3, 0.4) is 0 Å². The molecule has 8 rings (SSSR count). The summed E-state index contributed by atoms with van der Waals surface area (Å²) < 4.78 is 60.0. The number of carbonyl (C=O) groups excluding carboxylic acids is 2. The maximum absolute atomic E-state index is 14.5. The molecule has 12 nitrogen and oxygen atoms in total. The van der Waals surface area contributed by atoms with Gasteiger partial charge in [-0.15, -0.1) is 0 Å². The van der Waals surface area contributed by atoms with Gasteiger partial charge in [0.25, 0.3) is 11.1 Å². The molecule has 2 N–H and O–H groups in total. The van der Waals surface area contributed by atoms with E-state index in [0.29, 0.717) is 22.5 Å². The maximum atomic E-state index is 14.5. The summed E-state index contributed by atoms with van der Waals surface area (Å²) in [5.74, 6) is -4.61. The van der Waals surface area contributed by atoms with Gasteiger partial charge in [-0.25, -0.2) is 17.6 Å². The number of pyridine rings is 2. The van der Waals surface area contributed by atoms with Crippen molar-refractivity contribution in [2.24, 2.45) is 23.7 Å². The first-order valence-electron chi connectivity index (χ1n) is 21.3. The van der Waals surface area contributed by atoms with Gasteiger partial charge < -0.3 is 29.1 Å². The quantitative estimate of drug-likeness (QED) is 0.217. The lowest BCUT2D eigenvalue weighted by molar-refractivity contribution is -0.136. The number of amides is 2. The van der Waals surface area contributed by atoms with Gasteiger partial charge in [0.1, 0.15) is 23.3 Å². The van der Waals surface area contributed by atoms with Gasteiger partial charge in [-0.05, 0) is 74.5 Å². The van der Waals surface area contributed by atoms with Crippen LogP contribution in [0.25, 0.3) is 12.2 Å². The highest BCUT2D eigenvalue weighted by Gasteiger charge is 2.57. The molecule has 0 radical (unpaired) electrons. The number of allylic oxidation sites excluding steroid dienone is 2. The van der Waals surface area contributed by atoms with E-state index in [2.05, 4.69) is 0 Å². The highest BCUT2D eigenvalue weighted by molar-refractivity contribution is 5.81. The highest BCUT2D eigenvalue weighted by atomic mass is 19.1. The molecule has 0 spiro atoms. The lowest BCUT2D eigenvalue weighted by Crippen LogP contribution is -2.46. The number of benzene rings is 2. The fourth-order valence-electron chi connectivity index (χ4n) is 10.4. The normalized spacial score (nSPS) is 24.7. The topological polar surface area (TPSA) is 132 Å². The third kappa shape index (κ3) is 8.28. The Balaban J connectivity index is 0.000000191. The van der Waals surface area contributed by atoms with Gasteiger partial charge in [0.15, 0.2) is 0 Å². The zero-order valence-corrected chi connectivity index (χ0v) is 36.7. The van der Waals surface area contributed by atoms with Crippen LogP contribution in [0.1, 0.15) is 59.6 Å². The molecule has 4 aromatic rings. The second kappa shape index (κ2) is 18.8. The number of hydrogen-bond acceptors (Lipinski definition) is 8. The van der Waals surface area contributed by atoms with E-state index in [4.69, 9.17) is 0 Å². The molecular weight excluding hydrogens is 833 g/mol. The minimum Gasteiger partial charge on any atom is -0.396 e. The van der Waals surface area contributed by atoms with Crippen LogP contribution in [-0.2, 0) is 35.8 Å². The fraction of sp³-hybridized carbons (Fsp3) is 0.417. The van der Waals surface area contributed by atoms with Gasteiger partial charge in [-0.3, -0.25) is 29.0 Å². The number of carbonyl (C=O) groups is 2. The number of nitrogens with zero attached hydrogens (tertiary/aromatic N) is 6. The summed E-state index contributed by atoms with van der Waals surface area (Å²) >= 11 is 0. The molecule has 8 atom stereocenters. The summed E-state index contributed by atoms with van der Waals surface area (Å²) in [4.78, 5) is 59.5. The summed E-state index contributed by atoms with van der Waals surface area (Å²) in [6.07, 6.45) is 7.04. The van der Waals surface area contributed by atoms with Gasteiger partial charge in [-0.1, -0.05) is 24.3 Å².